The van der Waals surface area contributed by atoms with Gasteiger partial charge in [0.2, 0.25) is 5.82 Å². The molecule has 0 aliphatic rings. The van der Waals surface area contributed by atoms with E-state index in [2.05, 4.69) is 19.7 Å². The summed E-state index contributed by atoms with van der Waals surface area (Å²) in [6.45, 7) is 1.71. The molecule has 154 valence electrons. The van der Waals surface area contributed by atoms with Gasteiger partial charge in [-0.25, -0.2) is 23.2 Å². The highest BCUT2D eigenvalue weighted by molar-refractivity contribution is 7.92. The first kappa shape index (κ1) is 20.9. The molecule has 0 radical (unpaired) electrons. The average Bonchev–Trinajstić information content (AvgIpc) is 2.73. The van der Waals surface area contributed by atoms with Gasteiger partial charge < -0.3 is 9.84 Å². The molecule has 0 bridgehead atoms. The number of ether oxygens (including phenoxy) is 1. The summed E-state index contributed by atoms with van der Waals surface area (Å²) >= 11 is 0. The van der Waals surface area contributed by atoms with E-state index in [1.807, 2.05) is 0 Å². The van der Waals surface area contributed by atoms with Crippen molar-refractivity contribution in [2.75, 3.05) is 11.8 Å². The lowest BCUT2D eigenvalue weighted by molar-refractivity contribution is -0.131. The Morgan fingerprint density at radius 2 is 1.90 bits per heavy atom. The molecule has 0 amide bonds. The zero-order valence-corrected chi connectivity index (χ0v) is 16.9. The van der Waals surface area contributed by atoms with Crippen LogP contribution in [0.25, 0.3) is 17.3 Å². The zero-order chi connectivity index (χ0) is 21.7. The van der Waals surface area contributed by atoms with Crippen LogP contribution in [0.3, 0.4) is 0 Å². The summed E-state index contributed by atoms with van der Waals surface area (Å²) in [5.41, 5.74) is 2.01. The number of aromatic nitrogens is 3. The van der Waals surface area contributed by atoms with E-state index in [1.165, 1.54) is 37.7 Å². The van der Waals surface area contributed by atoms with Crippen LogP contribution in [0, 0.1) is 6.92 Å². The number of nitrogens with one attached hydrogen (secondary N) is 1. The Kier molecular flexibility index (Phi) is 6.07. The van der Waals surface area contributed by atoms with Crippen molar-refractivity contribution in [2.24, 2.45) is 0 Å². The quantitative estimate of drug-likeness (QED) is 0.551. The van der Waals surface area contributed by atoms with Crippen molar-refractivity contribution in [1.82, 2.24) is 15.0 Å². The number of carboxylic acid groups (broad SMARTS) is 1. The Morgan fingerprint density at radius 1 is 1.17 bits per heavy atom. The van der Waals surface area contributed by atoms with Crippen LogP contribution in [0.5, 0.6) is 5.88 Å². The van der Waals surface area contributed by atoms with Crippen molar-refractivity contribution in [2.45, 2.75) is 11.8 Å². The van der Waals surface area contributed by atoms with Crippen LogP contribution in [0.2, 0.25) is 0 Å². The summed E-state index contributed by atoms with van der Waals surface area (Å²) in [4.78, 5) is 23.0. The Hall–Kier alpha value is -3.79. The second-order valence-electron chi connectivity index (χ2n) is 6.12. The van der Waals surface area contributed by atoms with Crippen LogP contribution in [0.4, 0.5) is 5.82 Å². The number of rotatable bonds is 7. The van der Waals surface area contributed by atoms with Gasteiger partial charge in [-0.05, 0) is 30.7 Å². The van der Waals surface area contributed by atoms with Crippen molar-refractivity contribution in [3.8, 4) is 17.1 Å². The number of aliphatic carboxylic acids is 1. The maximum absolute atomic E-state index is 13.0. The molecule has 2 N–H and O–H groups in total. The topological polar surface area (TPSA) is 131 Å². The summed E-state index contributed by atoms with van der Waals surface area (Å²) in [6.07, 6.45) is 5.37. The highest BCUT2D eigenvalue weighted by Gasteiger charge is 2.23. The molecule has 0 aliphatic heterocycles. The minimum atomic E-state index is -4.06. The van der Waals surface area contributed by atoms with Gasteiger partial charge >= 0.3 is 5.97 Å². The smallest absolute Gasteiger partial charge is 0.328 e. The molecule has 1 aromatic carbocycles. The van der Waals surface area contributed by atoms with Gasteiger partial charge in [-0.1, -0.05) is 24.3 Å². The van der Waals surface area contributed by atoms with Gasteiger partial charge in [0.1, 0.15) is 4.90 Å². The first-order valence-electron chi connectivity index (χ1n) is 8.67. The third-order valence-electron chi connectivity index (χ3n) is 3.95. The lowest BCUT2D eigenvalue weighted by atomic mass is 10.1. The molecule has 0 aliphatic carbocycles. The number of anilines is 1. The van der Waals surface area contributed by atoms with Crippen LogP contribution in [0.1, 0.15) is 11.3 Å². The second kappa shape index (κ2) is 8.70. The van der Waals surface area contributed by atoms with Gasteiger partial charge in [-0.3, -0.25) is 9.71 Å². The number of carboxylic acids is 1. The van der Waals surface area contributed by atoms with Crippen LogP contribution < -0.4 is 9.46 Å². The normalized spacial score (nSPS) is 11.4. The highest BCUT2D eigenvalue weighted by Crippen LogP contribution is 2.28. The molecular weight excluding hydrogens is 408 g/mol. The molecule has 0 atom stereocenters. The van der Waals surface area contributed by atoms with E-state index in [1.54, 1.807) is 31.2 Å². The summed E-state index contributed by atoms with van der Waals surface area (Å²) in [7, 11) is -2.68. The Balaban J connectivity index is 1.97. The molecule has 0 unspecified atom stereocenters. The summed E-state index contributed by atoms with van der Waals surface area (Å²) in [6, 6.07) is 9.60. The molecule has 10 heteroatoms. The Bertz CT molecular complexity index is 1210. The Morgan fingerprint density at radius 3 is 2.57 bits per heavy atom. The third-order valence-corrected chi connectivity index (χ3v) is 5.32. The maximum atomic E-state index is 13.0. The zero-order valence-electron chi connectivity index (χ0n) is 16.1. The van der Waals surface area contributed by atoms with Crippen molar-refractivity contribution in [1.29, 1.82) is 0 Å². The molecule has 3 rings (SSSR count). The first-order valence-corrected chi connectivity index (χ1v) is 10.2. The van der Waals surface area contributed by atoms with Gasteiger partial charge in [0.15, 0.2) is 0 Å². The molecule has 2 aromatic heterocycles. The fourth-order valence-corrected chi connectivity index (χ4v) is 3.78. The number of nitrogens with zero attached hydrogens (tertiary/aromatic N) is 3. The van der Waals surface area contributed by atoms with Crippen LogP contribution in [-0.4, -0.2) is 41.6 Å². The summed E-state index contributed by atoms with van der Waals surface area (Å²) in [5.74, 6) is -1.04. The van der Waals surface area contributed by atoms with Crippen molar-refractivity contribution in [3.05, 3.63) is 66.1 Å². The first-order chi connectivity index (χ1) is 14.3. The predicted molar refractivity (Wildman–Crippen MR) is 110 cm³/mol. The van der Waals surface area contributed by atoms with Crippen LogP contribution >= 0.6 is 0 Å². The van der Waals surface area contributed by atoms with E-state index < -0.39 is 16.0 Å². The molecule has 0 fully saturated rings. The number of benzene rings is 1. The lowest BCUT2D eigenvalue weighted by Crippen LogP contribution is -2.16. The van der Waals surface area contributed by atoms with Crippen molar-refractivity contribution in [3.63, 3.8) is 0 Å². The standard InChI is InChI=1S/C20H18N4O5S/c1-13-12-22-19(20(23-13)29-2)24-30(27,28)16-4-3-11-21-18(16)15-8-5-14(6-9-15)7-10-17(25)26/h3-12H,1-2H3,(H,22,24)(H,25,26). The highest BCUT2D eigenvalue weighted by atomic mass is 32.2. The summed E-state index contributed by atoms with van der Waals surface area (Å²) in [5, 5.41) is 8.72. The largest absolute Gasteiger partial charge is 0.478 e. The fraction of sp³-hybridized carbons (Fsp3) is 0.100. The van der Waals surface area contributed by atoms with Crippen LogP contribution in [0.15, 0.2) is 59.8 Å². The number of hydrogen-bond donors (Lipinski definition) is 2. The minimum absolute atomic E-state index is 0.0351. The van der Waals surface area contributed by atoms with E-state index in [4.69, 9.17) is 9.84 Å². The summed E-state index contributed by atoms with van der Waals surface area (Å²) < 4.78 is 33.6. The molecule has 0 saturated heterocycles. The fourth-order valence-electron chi connectivity index (χ4n) is 2.59. The SMILES string of the molecule is COc1nc(C)cnc1NS(=O)(=O)c1cccnc1-c1ccc(C=CC(=O)O)cc1. The van der Waals surface area contributed by atoms with Gasteiger partial charge in [0, 0.05) is 17.8 Å². The number of aryl methyl sites for hydroxylation is 1. The molecule has 0 spiro atoms. The van der Waals surface area contributed by atoms with Crippen molar-refractivity contribution < 1.29 is 23.1 Å². The van der Waals surface area contributed by atoms with Gasteiger partial charge in [0.25, 0.3) is 15.9 Å². The lowest BCUT2D eigenvalue weighted by Gasteiger charge is -2.13. The number of pyridine rings is 1. The van der Waals surface area contributed by atoms with E-state index in [9.17, 15) is 13.2 Å². The predicted octanol–water partition coefficient (Wildman–Crippen LogP) is 2.75. The minimum Gasteiger partial charge on any atom is -0.478 e. The average molecular weight is 426 g/mol. The number of carbonyl (C=O) groups is 1. The monoisotopic (exact) mass is 426 g/mol. The second-order valence-corrected chi connectivity index (χ2v) is 7.77. The Labute approximate surface area is 173 Å². The van der Waals surface area contributed by atoms with Gasteiger partial charge in [0.05, 0.1) is 24.7 Å². The number of hydrogen-bond acceptors (Lipinski definition) is 7. The molecule has 30 heavy (non-hydrogen) atoms. The van der Waals surface area contributed by atoms with Gasteiger partial charge in [-0.2, -0.15) is 0 Å². The molecule has 3 aromatic rings. The van der Waals surface area contributed by atoms with E-state index in [-0.39, 0.29) is 22.3 Å². The van der Waals surface area contributed by atoms with E-state index in [0.717, 1.165) is 6.08 Å². The molecule has 2 heterocycles. The van der Waals surface area contributed by atoms with Gasteiger partial charge in [-0.15, -0.1) is 0 Å². The molecule has 9 nitrogen and oxygen atoms in total. The molecular formula is C20H18N4O5S. The number of methoxy groups -OCH3 is 1. The third kappa shape index (κ3) is 4.78. The maximum Gasteiger partial charge on any atom is 0.328 e. The van der Waals surface area contributed by atoms with Crippen molar-refractivity contribution >= 4 is 27.9 Å². The van der Waals surface area contributed by atoms with E-state index >= 15 is 0 Å². The molecule has 0 saturated carbocycles. The van der Waals surface area contributed by atoms with Crippen LogP contribution in [-0.2, 0) is 14.8 Å². The van der Waals surface area contributed by atoms with E-state index in [0.29, 0.717) is 16.8 Å². The number of sulfonamides is 1.